The normalized spacial score (nSPS) is 12.4. The van der Waals surface area contributed by atoms with Crippen molar-refractivity contribution in [2.45, 2.75) is 32.5 Å². The van der Waals surface area contributed by atoms with Crippen LogP contribution in [0.15, 0.2) is 54.7 Å². The van der Waals surface area contributed by atoms with Gasteiger partial charge in [0.1, 0.15) is 23.2 Å². The minimum absolute atomic E-state index is 0.0871. The Labute approximate surface area is 213 Å². The van der Waals surface area contributed by atoms with Crippen molar-refractivity contribution in [2.24, 2.45) is 0 Å². The molecule has 0 bridgehead atoms. The van der Waals surface area contributed by atoms with Crippen LogP contribution in [0.3, 0.4) is 0 Å². The number of aromatic nitrogens is 2. The summed E-state index contributed by atoms with van der Waals surface area (Å²) < 4.78 is 69.7. The molecule has 1 amide bonds. The molecule has 1 unspecified atom stereocenters. The van der Waals surface area contributed by atoms with Crippen molar-refractivity contribution in [3.63, 3.8) is 0 Å². The number of halogens is 5. The first-order valence-electron chi connectivity index (χ1n) is 11.3. The first kappa shape index (κ1) is 26.6. The van der Waals surface area contributed by atoms with E-state index in [1.165, 1.54) is 31.3 Å². The Balaban J connectivity index is 1.77. The molecule has 0 saturated carbocycles. The first-order valence-corrected chi connectivity index (χ1v) is 11.3. The highest BCUT2D eigenvalue weighted by molar-refractivity contribution is 5.98. The maximum absolute atomic E-state index is 14.0. The fourth-order valence-corrected chi connectivity index (χ4v) is 4.09. The molecule has 196 valence electrons. The SMILES string of the molecule is Cc1cc(C(F)(F)F)c(-c2ccc(CC(NC(=O)c3c(F)cccc3F)C(=O)O)c3cccnc23)nc1C. The van der Waals surface area contributed by atoms with E-state index in [-0.39, 0.29) is 23.2 Å². The number of nitrogens with zero attached hydrogens (tertiary/aromatic N) is 2. The number of fused-ring (bicyclic) bond motifs is 1. The second-order valence-electron chi connectivity index (χ2n) is 8.62. The molecule has 0 aliphatic carbocycles. The second-order valence-corrected chi connectivity index (χ2v) is 8.62. The molecule has 0 aliphatic heterocycles. The fourth-order valence-electron chi connectivity index (χ4n) is 4.09. The van der Waals surface area contributed by atoms with Crippen LogP contribution in [0, 0.1) is 25.5 Å². The Kier molecular flexibility index (Phi) is 7.12. The van der Waals surface area contributed by atoms with Crippen LogP contribution < -0.4 is 5.32 Å². The Morgan fingerprint density at radius 1 is 1.03 bits per heavy atom. The van der Waals surface area contributed by atoms with Crippen LogP contribution >= 0.6 is 0 Å². The zero-order valence-corrected chi connectivity index (χ0v) is 20.0. The molecule has 0 spiro atoms. The van der Waals surface area contributed by atoms with Crippen molar-refractivity contribution >= 4 is 22.8 Å². The Morgan fingerprint density at radius 2 is 1.71 bits per heavy atom. The Hall–Kier alpha value is -4.41. The van der Waals surface area contributed by atoms with E-state index in [9.17, 15) is 36.6 Å². The van der Waals surface area contributed by atoms with E-state index in [1.807, 2.05) is 0 Å². The predicted molar refractivity (Wildman–Crippen MR) is 128 cm³/mol. The molecule has 11 heteroatoms. The topological polar surface area (TPSA) is 92.2 Å². The maximum atomic E-state index is 14.0. The average Bonchev–Trinajstić information content (AvgIpc) is 2.84. The highest BCUT2D eigenvalue weighted by atomic mass is 19.4. The maximum Gasteiger partial charge on any atom is 0.418 e. The van der Waals surface area contributed by atoms with Gasteiger partial charge in [0.25, 0.3) is 5.91 Å². The van der Waals surface area contributed by atoms with Crippen LogP contribution in [-0.2, 0) is 17.4 Å². The van der Waals surface area contributed by atoms with Gasteiger partial charge in [-0.05, 0) is 49.2 Å². The minimum atomic E-state index is -4.69. The number of carbonyl (C=O) groups is 2. The smallest absolute Gasteiger partial charge is 0.418 e. The first-order chi connectivity index (χ1) is 17.9. The van der Waals surface area contributed by atoms with Gasteiger partial charge in [-0.15, -0.1) is 0 Å². The van der Waals surface area contributed by atoms with Gasteiger partial charge in [-0.25, -0.2) is 13.6 Å². The lowest BCUT2D eigenvalue weighted by Gasteiger charge is -2.19. The number of nitrogens with one attached hydrogen (secondary N) is 1. The third kappa shape index (κ3) is 5.17. The van der Waals surface area contributed by atoms with E-state index in [0.717, 1.165) is 24.3 Å². The van der Waals surface area contributed by atoms with Crippen LogP contribution in [0.2, 0.25) is 0 Å². The van der Waals surface area contributed by atoms with Gasteiger partial charge in [0.2, 0.25) is 0 Å². The average molecular weight is 529 g/mol. The lowest BCUT2D eigenvalue weighted by Crippen LogP contribution is -2.43. The second kappa shape index (κ2) is 10.2. The van der Waals surface area contributed by atoms with Gasteiger partial charge in [-0.2, -0.15) is 13.2 Å². The Bertz CT molecular complexity index is 1550. The van der Waals surface area contributed by atoms with Gasteiger partial charge in [-0.1, -0.05) is 24.3 Å². The standard InChI is InChI=1S/C27H20F5N3O3/c1-13-11-18(27(30,31)32)24(34-14(13)2)17-9-8-15(16-5-4-10-33-23(16)17)12-21(26(37)38)35-25(36)22-19(28)6-3-7-20(22)29/h3-11,21H,12H2,1-2H3,(H,35,36)(H,37,38). The number of alkyl halides is 3. The summed E-state index contributed by atoms with van der Waals surface area (Å²) in [7, 11) is 0. The van der Waals surface area contributed by atoms with Crippen molar-refractivity contribution in [3.8, 4) is 11.3 Å². The molecule has 2 heterocycles. The van der Waals surface area contributed by atoms with Crippen LogP contribution in [0.25, 0.3) is 22.2 Å². The minimum Gasteiger partial charge on any atom is -0.480 e. The van der Waals surface area contributed by atoms with E-state index in [2.05, 4.69) is 15.3 Å². The predicted octanol–water partition coefficient (Wildman–Crippen LogP) is 5.64. The number of benzene rings is 2. The molecular formula is C27H20F5N3O3. The van der Waals surface area contributed by atoms with E-state index in [0.29, 0.717) is 22.2 Å². The van der Waals surface area contributed by atoms with Gasteiger partial charge in [0.15, 0.2) is 0 Å². The monoisotopic (exact) mass is 529 g/mol. The lowest BCUT2D eigenvalue weighted by molar-refractivity contribution is -0.139. The van der Waals surface area contributed by atoms with E-state index < -0.39 is 46.9 Å². The van der Waals surface area contributed by atoms with Crippen LogP contribution in [-0.4, -0.2) is 33.0 Å². The summed E-state index contributed by atoms with van der Waals surface area (Å²) in [5.74, 6) is -5.06. The number of rotatable bonds is 6. The molecule has 1 atom stereocenters. The highest BCUT2D eigenvalue weighted by Crippen LogP contribution is 2.39. The number of hydrogen-bond donors (Lipinski definition) is 2. The summed E-state index contributed by atoms with van der Waals surface area (Å²) in [6, 6.07) is 8.04. The van der Waals surface area contributed by atoms with E-state index in [4.69, 9.17) is 0 Å². The summed E-state index contributed by atoms with van der Waals surface area (Å²) in [6.07, 6.45) is -3.66. The van der Waals surface area contributed by atoms with Gasteiger partial charge in [0, 0.05) is 29.3 Å². The van der Waals surface area contributed by atoms with Crippen molar-refractivity contribution in [1.82, 2.24) is 15.3 Å². The van der Waals surface area contributed by atoms with Crippen molar-refractivity contribution < 1.29 is 36.6 Å². The molecule has 0 saturated heterocycles. The lowest BCUT2D eigenvalue weighted by atomic mass is 9.94. The van der Waals surface area contributed by atoms with Gasteiger partial charge in [0.05, 0.1) is 16.8 Å². The number of pyridine rings is 2. The number of carbonyl (C=O) groups excluding carboxylic acids is 1. The van der Waals surface area contributed by atoms with E-state index >= 15 is 0 Å². The molecule has 2 aromatic carbocycles. The molecule has 2 aromatic heterocycles. The quantitative estimate of drug-likeness (QED) is 0.316. The molecule has 2 N–H and O–H groups in total. The summed E-state index contributed by atoms with van der Waals surface area (Å²) >= 11 is 0. The van der Waals surface area contributed by atoms with Gasteiger partial charge in [-0.3, -0.25) is 14.8 Å². The highest BCUT2D eigenvalue weighted by Gasteiger charge is 2.36. The van der Waals surface area contributed by atoms with Gasteiger partial charge >= 0.3 is 12.1 Å². The van der Waals surface area contributed by atoms with Crippen molar-refractivity contribution in [2.75, 3.05) is 0 Å². The number of hydrogen-bond acceptors (Lipinski definition) is 4. The van der Waals surface area contributed by atoms with Gasteiger partial charge < -0.3 is 10.4 Å². The van der Waals surface area contributed by atoms with Crippen LogP contribution in [0.5, 0.6) is 0 Å². The van der Waals surface area contributed by atoms with E-state index in [1.54, 1.807) is 13.0 Å². The number of aryl methyl sites for hydroxylation is 2. The summed E-state index contributed by atoms with van der Waals surface area (Å²) in [6.45, 7) is 3.11. The Morgan fingerprint density at radius 3 is 2.34 bits per heavy atom. The van der Waals surface area contributed by atoms with Crippen LogP contribution in [0.4, 0.5) is 22.0 Å². The molecule has 38 heavy (non-hydrogen) atoms. The summed E-state index contributed by atoms with van der Waals surface area (Å²) in [5.41, 5.74) is -0.878. The third-order valence-electron chi connectivity index (χ3n) is 6.10. The molecule has 0 radical (unpaired) electrons. The fraction of sp³-hybridized carbons (Fsp3) is 0.185. The number of amides is 1. The molecule has 4 rings (SSSR count). The van der Waals surface area contributed by atoms with Crippen molar-refractivity contribution in [1.29, 1.82) is 0 Å². The van der Waals surface area contributed by atoms with Crippen LogP contribution in [0.1, 0.15) is 32.7 Å². The zero-order chi connectivity index (χ0) is 27.8. The molecular weight excluding hydrogens is 509 g/mol. The van der Waals surface area contributed by atoms with Crippen molar-refractivity contribution in [3.05, 3.63) is 94.3 Å². The number of carboxylic acids is 1. The molecule has 6 nitrogen and oxygen atoms in total. The molecule has 0 aliphatic rings. The molecule has 0 fully saturated rings. The largest absolute Gasteiger partial charge is 0.480 e. The summed E-state index contributed by atoms with van der Waals surface area (Å²) in [5, 5.41) is 12.1. The zero-order valence-electron chi connectivity index (χ0n) is 20.0. The number of aliphatic carboxylic acids is 1. The third-order valence-corrected chi connectivity index (χ3v) is 6.10. The molecule has 4 aromatic rings. The summed E-state index contributed by atoms with van der Waals surface area (Å²) in [4.78, 5) is 32.9. The number of carboxylic acid groups (broad SMARTS) is 1.